The molecule has 20 heavy (non-hydrogen) atoms. The number of rotatable bonds is 7. The second kappa shape index (κ2) is 7.44. The molecule has 0 aromatic heterocycles. The molecule has 0 radical (unpaired) electrons. The lowest BCUT2D eigenvalue weighted by molar-refractivity contribution is -0.384. The Balaban J connectivity index is 2.94. The topological polar surface area (TPSA) is 96.3 Å². The first-order chi connectivity index (χ1) is 9.49. The molecule has 0 aliphatic carbocycles. The van der Waals surface area contributed by atoms with Crippen molar-refractivity contribution in [3.8, 4) is 0 Å². The van der Waals surface area contributed by atoms with Crippen LogP contribution in [0.1, 0.15) is 17.3 Å². The highest BCUT2D eigenvalue weighted by atomic mass is 16.6. The van der Waals surface area contributed by atoms with Gasteiger partial charge in [0.25, 0.3) is 11.6 Å². The number of benzene rings is 1. The molecule has 7 nitrogen and oxygen atoms in total. The molecule has 1 rings (SSSR count). The highest BCUT2D eigenvalue weighted by Gasteiger charge is 2.16. The molecule has 7 heteroatoms. The molecule has 0 saturated heterocycles. The van der Waals surface area contributed by atoms with E-state index in [2.05, 4.69) is 16.0 Å². The number of nitro benzene ring substituents is 1. The smallest absolute Gasteiger partial charge is 0.292 e. The second-order valence-corrected chi connectivity index (χ2v) is 4.61. The number of carbonyl (C=O) groups excluding carboxylic acids is 1. The van der Waals surface area contributed by atoms with Crippen molar-refractivity contribution in [2.45, 2.75) is 6.92 Å². The SMILES string of the molecule is CNCC(C)CNc1cc(C(=O)NC)ccc1[N+](=O)[O-]. The average Bonchev–Trinajstić information content (AvgIpc) is 2.44. The Morgan fingerprint density at radius 3 is 2.60 bits per heavy atom. The summed E-state index contributed by atoms with van der Waals surface area (Å²) in [5.74, 6) is 0.0366. The van der Waals surface area contributed by atoms with Crippen LogP contribution >= 0.6 is 0 Å². The largest absolute Gasteiger partial charge is 0.379 e. The van der Waals surface area contributed by atoms with Crippen LogP contribution in [-0.2, 0) is 0 Å². The molecular formula is C13H20N4O3. The number of nitro groups is 1. The van der Waals surface area contributed by atoms with Gasteiger partial charge in [-0.05, 0) is 31.6 Å². The van der Waals surface area contributed by atoms with E-state index in [0.29, 0.717) is 23.7 Å². The van der Waals surface area contributed by atoms with E-state index in [1.807, 2.05) is 14.0 Å². The van der Waals surface area contributed by atoms with E-state index in [9.17, 15) is 14.9 Å². The molecule has 0 fully saturated rings. The van der Waals surface area contributed by atoms with E-state index in [4.69, 9.17) is 0 Å². The maximum absolute atomic E-state index is 11.6. The van der Waals surface area contributed by atoms with Crippen molar-refractivity contribution in [2.24, 2.45) is 5.92 Å². The Labute approximate surface area is 117 Å². The van der Waals surface area contributed by atoms with Gasteiger partial charge in [0, 0.05) is 25.2 Å². The lowest BCUT2D eigenvalue weighted by Gasteiger charge is -2.13. The van der Waals surface area contributed by atoms with Gasteiger partial charge in [-0.25, -0.2) is 0 Å². The standard InChI is InChI=1S/C13H20N4O3/c1-9(7-14-2)8-16-11-6-10(13(18)15-3)4-5-12(11)17(19)20/h4-6,9,14,16H,7-8H2,1-3H3,(H,15,18). The van der Waals surface area contributed by atoms with Crippen LogP contribution in [0, 0.1) is 16.0 Å². The Morgan fingerprint density at radius 2 is 2.05 bits per heavy atom. The van der Waals surface area contributed by atoms with Crippen molar-refractivity contribution in [3.63, 3.8) is 0 Å². The minimum absolute atomic E-state index is 0.0330. The summed E-state index contributed by atoms with van der Waals surface area (Å²) in [7, 11) is 3.37. The first kappa shape index (κ1) is 15.9. The fraction of sp³-hybridized carbons (Fsp3) is 0.462. The minimum Gasteiger partial charge on any atom is -0.379 e. The van der Waals surface area contributed by atoms with E-state index < -0.39 is 4.92 Å². The molecule has 1 aromatic rings. The molecule has 0 aliphatic heterocycles. The zero-order valence-electron chi connectivity index (χ0n) is 11.9. The fourth-order valence-corrected chi connectivity index (χ4v) is 1.83. The summed E-state index contributed by atoms with van der Waals surface area (Å²) >= 11 is 0. The third-order valence-electron chi connectivity index (χ3n) is 2.88. The van der Waals surface area contributed by atoms with Crippen LogP contribution in [0.25, 0.3) is 0 Å². The third-order valence-corrected chi connectivity index (χ3v) is 2.88. The van der Waals surface area contributed by atoms with Crippen LogP contribution in [0.5, 0.6) is 0 Å². The van der Waals surface area contributed by atoms with Gasteiger partial charge in [-0.2, -0.15) is 0 Å². The first-order valence-corrected chi connectivity index (χ1v) is 6.38. The number of hydrogen-bond donors (Lipinski definition) is 3. The number of amides is 1. The number of hydrogen-bond acceptors (Lipinski definition) is 5. The lowest BCUT2D eigenvalue weighted by Crippen LogP contribution is -2.23. The highest BCUT2D eigenvalue weighted by molar-refractivity contribution is 5.95. The molecule has 110 valence electrons. The zero-order valence-corrected chi connectivity index (χ0v) is 11.9. The van der Waals surface area contributed by atoms with Crippen molar-refractivity contribution < 1.29 is 9.72 Å². The van der Waals surface area contributed by atoms with Gasteiger partial charge in [0.05, 0.1) is 4.92 Å². The third kappa shape index (κ3) is 4.20. The molecule has 1 unspecified atom stereocenters. The Kier molecular flexibility index (Phi) is 5.92. The van der Waals surface area contributed by atoms with E-state index in [0.717, 1.165) is 6.54 Å². The quantitative estimate of drug-likeness (QED) is 0.515. The summed E-state index contributed by atoms with van der Waals surface area (Å²) in [4.78, 5) is 22.1. The second-order valence-electron chi connectivity index (χ2n) is 4.61. The molecule has 1 atom stereocenters. The van der Waals surface area contributed by atoms with E-state index in [-0.39, 0.29) is 11.6 Å². The summed E-state index contributed by atoms with van der Waals surface area (Å²) in [5, 5.41) is 19.6. The van der Waals surface area contributed by atoms with E-state index in [1.165, 1.54) is 25.2 Å². The minimum atomic E-state index is -0.460. The van der Waals surface area contributed by atoms with Gasteiger partial charge in [-0.15, -0.1) is 0 Å². The van der Waals surface area contributed by atoms with Crippen LogP contribution in [0.2, 0.25) is 0 Å². The van der Waals surface area contributed by atoms with Crippen LogP contribution in [0.15, 0.2) is 18.2 Å². The molecule has 1 amide bonds. The predicted octanol–water partition coefficient (Wildman–Crippen LogP) is 1.22. The van der Waals surface area contributed by atoms with Gasteiger partial charge in [0.15, 0.2) is 0 Å². The lowest BCUT2D eigenvalue weighted by atomic mass is 10.1. The van der Waals surface area contributed by atoms with E-state index >= 15 is 0 Å². The molecule has 0 spiro atoms. The van der Waals surface area contributed by atoms with Crippen LogP contribution in [-0.4, -0.2) is 38.0 Å². The molecular weight excluding hydrogens is 260 g/mol. The van der Waals surface area contributed by atoms with Crippen molar-refractivity contribution in [1.82, 2.24) is 10.6 Å². The van der Waals surface area contributed by atoms with Gasteiger partial charge >= 0.3 is 0 Å². The number of carbonyl (C=O) groups is 1. The predicted molar refractivity (Wildman–Crippen MR) is 78.1 cm³/mol. The maximum atomic E-state index is 11.6. The molecule has 0 aliphatic rings. The normalized spacial score (nSPS) is 11.8. The molecule has 3 N–H and O–H groups in total. The van der Waals surface area contributed by atoms with Crippen LogP contribution < -0.4 is 16.0 Å². The molecule has 0 bridgehead atoms. The summed E-state index contributed by atoms with van der Waals surface area (Å²) < 4.78 is 0. The van der Waals surface area contributed by atoms with Crippen LogP contribution in [0.3, 0.4) is 0 Å². The Hall–Kier alpha value is -2.15. The van der Waals surface area contributed by atoms with Crippen molar-refractivity contribution >= 4 is 17.3 Å². The maximum Gasteiger partial charge on any atom is 0.292 e. The van der Waals surface area contributed by atoms with Crippen molar-refractivity contribution in [3.05, 3.63) is 33.9 Å². The van der Waals surface area contributed by atoms with Crippen molar-refractivity contribution in [1.29, 1.82) is 0 Å². The van der Waals surface area contributed by atoms with Crippen molar-refractivity contribution in [2.75, 3.05) is 32.5 Å². The number of anilines is 1. The summed E-state index contributed by atoms with van der Waals surface area (Å²) in [6.45, 7) is 3.41. The molecule has 0 saturated carbocycles. The van der Waals surface area contributed by atoms with Gasteiger partial charge in [0.1, 0.15) is 5.69 Å². The first-order valence-electron chi connectivity index (χ1n) is 6.38. The van der Waals surface area contributed by atoms with Crippen LogP contribution in [0.4, 0.5) is 11.4 Å². The Morgan fingerprint density at radius 1 is 1.35 bits per heavy atom. The fourth-order valence-electron chi connectivity index (χ4n) is 1.83. The number of nitrogens with zero attached hydrogens (tertiary/aromatic N) is 1. The zero-order chi connectivity index (χ0) is 15.1. The monoisotopic (exact) mass is 280 g/mol. The van der Waals surface area contributed by atoms with Gasteiger partial charge in [-0.3, -0.25) is 14.9 Å². The van der Waals surface area contributed by atoms with Gasteiger partial charge < -0.3 is 16.0 Å². The summed E-state index contributed by atoms with van der Waals surface area (Å²) in [6.07, 6.45) is 0. The Bertz CT molecular complexity index is 491. The summed E-state index contributed by atoms with van der Waals surface area (Å²) in [6, 6.07) is 4.29. The van der Waals surface area contributed by atoms with E-state index in [1.54, 1.807) is 0 Å². The average molecular weight is 280 g/mol. The van der Waals surface area contributed by atoms with Gasteiger partial charge in [-0.1, -0.05) is 6.92 Å². The molecule has 0 heterocycles. The molecule has 1 aromatic carbocycles. The number of nitrogens with one attached hydrogen (secondary N) is 3. The highest BCUT2D eigenvalue weighted by Crippen LogP contribution is 2.25. The summed E-state index contributed by atoms with van der Waals surface area (Å²) in [5.41, 5.74) is 0.718. The van der Waals surface area contributed by atoms with Gasteiger partial charge in [0.2, 0.25) is 0 Å².